The average molecular weight is 753 g/mol. The molecule has 57 heavy (non-hydrogen) atoms. The lowest BCUT2D eigenvalue weighted by Gasteiger charge is -2.35. The molecule has 10 aromatic rings. The number of hydrogen-bond donors (Lipinski definition) is 0. The van der Waals surface area contributed by atoms with Crippen LogP contribution in [0.5, 0.6) is 0 Å². The van der Waals surface area contributed by atoms with Gasteiger partial charge in [0.15, 0.2) is 17.5 Å². The summed E-state index contributed by atoms with van der Waals surface area (Å²) in [4.78, 5) is 14.4. The first-order chi connectivity index (χ1) is 31.9. The van der Waals surface area contributed by atoms with Crippen molar-refractivity contribution in [3.05, 3.63) is 210 Å². The molecule has 0 aliphatic heterocycles. The number of fused-ring (bicyclic) bond motifs is 15. The maximum Gasteiger partial charge on any atom is 0.164 e. The third kappa shape index (κ3) is 4.68. The minimum Gasteiger partial charge on any atom is -0.208 e. The molecule has 0 saturated carbocycles. The molecule has 0 radical (unpaired) electrons. The van der Waals surface area contributed by atoms with E-state index in [4.69, 9.17) is 22.3 Å². The minimum atomic E-state index is -0.896. The van der Waals surface area contributed by atoms with Gasteiger partial charge in [0.1, 0.15) is 0 Å². The van der Waals surface area contributed by atoms with Gasteiger partial charge in [-0.25, -0.2) is 15.0 Å². The normalized spacial score (nSPS) is 17.0. The molecule has 0 saturated heterocycles. The van der Waals surface area contributed by atoms with Crippen LogP contribution in [0.15, 0.2) is 182 Å². The second kappa shape index (κ2) is 12.2. The summed E-state index contributed by atoms with van der Waals surface area (Å²) in [5.41, 5.74) is 9.99. The van der Waals surface area contributed by atoms with E-state index in [1.54, 1.807) is 11.3 Å². The Hall–Kier alpha value is -7.01. The highest BCUT2D eigenvalue weighted by Gasteiger charge is 2.50. The maximum absolute atomic E-state index is 9.09. The molecule has 3 nitrogen and oxygen atoms in total. The van der Waals surface area contributed by atoms with Gasteiger partial charge in [-0.1, -0.05) is 157 Å². The summed E-state index contributed by atoms with van der Waals surface area (Å²) in [5.74, 6) is -0.388. The van der Waals surface area contributed by atoms with Gasteiger partial charge in [-0.15, -0.1) is 11.3 Å². The molecule has 8 aromatic carbocycles. The van der Waals surface area contributed by atoms with Crippen LogP contribution in [0, 0.1) is 6.92 Å². The fourth-order valence-corrected chi connectivity index (χ4v) is 10.2. The molecule has 12 rings (SSSR count). The molecular formula is C53H33N3S. The molecule has 2 aliphatic rings. The maximum atomic E-state index is 9.09. The molecule has 4 heteroatoms. The lowest BCUT2D eigenvalue weighted by Crippen LogP contribution is -2.29. The van der Waals surface area contributed by atoms with Crippen molar-refractivity contribution >= 4 is 31.5 Å². The molecule has 2 heterocycles. The minimum absolute atomic E-state index is 0.0648. The van der Waals surface area contributed by atoms with E-state index in [0.717, 1.165) is 60.3 Å². The van der Waals surface area contributed by atoms with E-state index in [9.17, 15) is 0 Å². The predicted octanol–water partition coefficient (Wildman–Crippen LogP) is 13.6. The number of hydrogen-bond acceptors (Lipinski definition) is 4. The van der Waals surface area contributed by atoms with Gasteiger partial charge in [0, 0.05) is 36.9 Å². The zero-order chi connectivity index (χ0) is 45.5. The Labute approximate surface area is 347 Å². The molecule has 2 aliphatic carbocycles. The first-order valence-electron chi connectivity index (χ1n) is 23.2. The summed E-state index contributed by atoms with van der Waals surface area (Å²) < 4.78 is 80.7. The Bertz CT molecular complexity index is 3660. The summed E-state index contributed by atoms with van der Waals surface area (Å²) in [6.07, 6.45) is 0. The third-order valence-electron chi connectivity index (χ3n) is 11.4. The van der Waals surface area contributed by atoms with Gasteiger partial charge in [0.05, 0.1) is 17.8 Å². The van der Waals surface area contributed by atoms with E-state index in [0.29, 0.717) is 5.56 Å². The topological polar surface area (TPSA) is 38.7 Å². The zero-order valence-electron chi connectivity index (χ0n) is 39.4. The van der Waals surface area contributed by atoms with Gasteiger partial charge in [0.2, 0.25) is 0 Å². The number of nitrogens with zero attached hydrogens (tertiary/aromatic N) is 3. The fourth-order valence-electron chi connectivity index (χ4n) is 9.09. The highest BCUT2D eigenvalue weighted by atomic mass is 32.1. The summed E-state index contributed by atoms with van der Waals surface area (Å²) in [6.45, 7) is 1.52. The van der Waals surface area contributed by atoms with Gasteiger partial charge < -0.3 is 0 Å². The molecule has 0 bridgehead atoms. The second-order valence-electron chi connectivity index (χ2n) is 14.4. The fraction of sp³-hybridized carbons (Fsp3) is 0.0377. The van der Waals surface area contributed by atoms with Gasteiger partial charge in [-0.05, 0) is 92.9 Å². The Morgan fingerprint density at radius 2 is 1.02 bits per heavy atom. The van der Waals surface area contributed by atoms with E-state index < -0.39 is 47.7 Å². The van der Waals surface area contributed by atoms with Gasteiger partial charge >= 0.3 is 0 Å². The number of thiophene rings is 1. The Morgan fingerprint density at radius 3 is 1.77 bits per heavy atom. The lowest BCUT2D eigenvalue weighted by molar-refractivity contribution is 0.777. The summed E-state index contributed by atoms with van der Waals surface area (Å²) in [5, 5.41) is 2.39. The largest absolute Gasteiger partial charge is 0.208 e. The average Bonchev–Trinajstić information content (AvgIpc) is 3.82. The number of aromatic nitrogens is 3. The third-order valence-corrected chi connectivity index (χ3v) is 12.5. The summed E-state index contributed by atoms with van der Waals surface area (Å²) in [7, 11) is 0. The van der Waals surface area contributed by atoms with Crippen molar-refractivity contribution in [2.45, 2.75) is 12.3 Å². The van der Waals surface area contributed by atoms with Crippen LogP contribution in [-0.4, -0.2) is 15.0 Å². The smallest absolute Gasteiger partial charge is 0.164 e. The predicted molar refractivity (Wildman–Crippen MR) is 235 cm³/mol. The van der Waals surface area contributed by atoms with Crippen molar-refractivity contribution in [2.75, 3.05) is 0 Å². The zero-order valence-corrected chi connectivity index (χ0v) is 31.2. The second-order valence-corrected chi connectivity index (χ2v) is 15.5. The van der Waals surface area contributed by atoms with Crippen molar-refractivity contribution < 1.29 is 12.3 Å². The van der Waals surface area contributed by atoms with Crippen LogP contribution in [0.1, 0.15) is 40.2 Å². The van der Waals surface area contributed by atoms with Gasteiger partial charge in [-0.2, -0.15) is 0 Å². The number of rotatable bonds is 3. The first-order valence-corrected chi connectivity index (χ1v) is 19.5. The molecular weight excluding hydrogens is 711 g/mol. The van der Waals surface area contributed by atoms with Crippen molar-refractivity contribution in [2.24, 2.45) is 0 Å². The highest BCUT2D eigenvalue weighted by molar-refractivity contribution is 7.25. The lowest BCUT2D eigenvalue weighted by atomic mass is 9.65. The van der Waals surface area contributed by atoms with Gasteiger partial charge in [0.25, 0.3) is 0 Å². The first kappa shape index (κ1) is 24.5. The molecule has 2 aromatic heterocycles. The van der Waals surface area contributed by atoms with E-state index in [1.165, 1.54) is 22.4 Å². The quantitative estimate of drug-likeness (QED) is 0.180. The summed E-state index contributed by atoms with van der Waals surface area (Å²) in [6, 6.07) is 40.6. The van der Waals surface area contributed by atoms with Crippen LogP contribution >= 0.6 is 11.3 Å². The van der Waals surface area contributed by atoms with E-state index in [1.807, 2.05) is 12.1 Å². The van der Waals surface area contributed by atoms with Crippen LogP contribution in [0.3, 0.4) is 0 Å². The number of benzene rings is 8. The van der Waals surface area contributed by atoms with Crippen LogP contribution < -0.4 is 0 Å². The summed E-state index contributed by atoms with van der Waals surface area (Å²) >= 11 is 1.77. The monoisotopic (exact) mass is 752 g/mol. The van der Waals surface area contributed by atoms with Crippen molar-refractivity contribution in [1.29, 1.82) is 0 Å². The van der Waals surface area contributed by atoms with Crippen LogP contribution in [0.4, 0.5) is 0 Å². The molecule has 0 fully saturated rings. The van der Waals surface area contributed by atoms with Crippen LogP contribution in [0.2, 0.25) is 0 Å². The SMILES string of the molecule is [2H]c1c([2H])c([2H])c(-c2nc(-c3ccc4c(c3)C3(c5ccccc5-c5ccccc5-4)c4ccccc4-c4cc5c(cc43)sc3ccccc35)nc(-c3c([2H])c([2H])c([2H])c(C)c3[2H])n2)c([2H])c1[2H]. The molecule has 1 unspecified atom stereocenters. The molecule has 0 amide bonds. The molecule has 1 spiro atoms. The molecule has 1 atom stereocenters. The van der Waals surface area contributed by atoms with Crippen LogP contribution in [-0.2, 0) is 5.41 Å². The Kier molecular flexibility index (Phi) is 5.26. The van der Waals surface area contributed by atoms with Crippen molar-refractivity contribution in [3.63, 3.8) is 0 Å². The van der Waals surface area contributed by atoms with E-state index >= 15 is 0 Å². The molecule has 0 N–H and O–H groups in total. The van der Waals surface area contributed by atoms with Crippen LogP contribution in [0.25, 0.3) is 87.7 Å². The van der Waals surface area contributed by atoms with E-state index in [2.05, 4.69) is 120 Å². The van der Waals surface area contributed by atoms with Crippen molar-refractivity contribution in [3.8, 4) is 67.5 Å². The Morgan fingerprint density at radius 1 is 0.439 bits per heavy atom. The standard InChI is InChI=1S/C53H33N3S/c1-32-14-13-17-34(28-32)51-54-50(33-15-3-2-4-16-33)55-52(56-51)35-26-27-40-37-19-6-5-18-36(37)38-20-7-10-23-44(38)53(46(40)29-35)45-24-11-8-21-39(45)42-30-43-41-22-9-12-25-48(41)57-49(43)31-47(42)53/h2-31H,1H3/i2D,3D,4D,13D,14D,15D,16D,17D,28D. The Balaban J connectivity index is 1.22. The highest BCUT2D eigenvalue weighted by Crippen LogP contribution is 2.62. The van der Waals surface area contributed by atoms with Gasteiger partial charge in [-0.3, -0.25) is 0 Å². The van der Waals surface area contributed by atoms with Crippen molar-refractivity contribution in [1.82, 2.24) is 15.0 Å². The molecule has 266 valence electrons. The van der Waals surface area contributed by atoms with E-state index in [-0.39, 0.29) is 46.2 Å².